The van der Waals surface area contributed by atoms with Gasteiger partial charge in [-0.2, -0.15) is 4.98 Å². The number of aromatic nitrogens is 4. The molecular formula is C10H10BrN5O. The summed E-state index contributed by atoms with van der Waals surface area (Å²) in [5.41, 5.74) is 0.316. The van der Waals surface area contributed by atoms with Crippen LogP contribution in [0.2, 0.25) is 0 Å². The van der Waals surface area contributed by atoms with E-state index in [2.05, 4.69) is 41.4 Å². The molecule has 0 atom stereocenters. The lowest BCUT2D eigenvalue weighted by molar-refractivity contribution is 0.102. The van der Waals surface area contributed by atoms with Crippen LogP contribution in [0.5, 0.6) is 0 Å². The van der Waals surface area contributed by atoms with Gasteiger partial charge in [-0.05, 0) is 28.1 Å². The van der Waals surface area contributed by atoms with E-state index in [1.165, 1.54) is 0 Å². The minimum Gasteiger partial charge on any atom is -0.288 e. The molecule has 0 bridgehead atoms. The van der Waals surface area contributed by atoms with Crippen molar-refractivity contribution in [2.75, 3.05) is 5.32 Å². The van der Waals surface area contributed by atoms with Crippen LogP contribution in [0.4, 0.5) is 5.95 Å². The van der Waals surface area contributed by atoms with Crippen molar-refractivity contribution in [1.29, 1.82) is 0 Å². The van der Waals surface area contributed by atoms with Crippen molar-refractivity contribution in [2.24, 2.45) is 0 Å². The van der Waals surface area contributed by atoms with E-state index in [9.17, 15) is 4.79 Å². The first-order valence-electron chi connectivity index (χ1n) is 5.03. The molecule has 0 saturated heterocycles. The fourth-order valence-electron chi connectivity index (χ4n) is 1.19. The van der Waals surface area contributed by atoms with E-state index in [0.717, 1.165) is 16.7 Å². The molecule has 0 aliphatic carbocycles. The van der Waals surface area contributed by atoms with Gasteiger partial charge in [0.05, 0.1) is 0 Å². The molecule has 0 aromatic carbocycles. The summed E-state index contributed by atoms with van der Waals surface area (Å²) in [6, 6.07) is 3.37. The molecule has 0 fully saturated rings. The molecule has 0 unspecified atom stereocenters. The van der Waals surface area contributed by atoms with Crippen molar-refractivity contribution in [1.82, 2.24) is 20.2 Å². The molecule has 7 heteroatoms. The van der Waals surface area contributed by atoms with Gasteiger partial charge in [-0.25, -0.2) is 4.98 Å². The Balaban J connectivity index is 2.08. The molecule has 2 aromatic heterocycles. The van der Waals surface area contributed by atoms with Gasteiger partial charge in [-0.15, -0.1) is 5.10 Å². The Morgan fingerprint density at radius 2 is 2.35 bits per heavy atom. The lowest BCUT2D eigenvalue weighted by atomic mass is 10.3. The van der Waals surface area contributed by atoms with E-state index in [1.54, 1.807) is 18.3 Å². The van der Waals surface area contributed by atoms with Crippen molar-refractivity contribution in [3.05, 3.63) is 34.3 Å². The number of aryl methyl sites for hydroxylation is 1. The Bertz CT molecular complexity index is 522. The third kappa shape index (κ3) is 2.88. The molecule has 17 heavy (non-hydrogen) atoms. The lowest BCUT2D eigenvalue weighted by Gasteiger charge is -1.99. The molecule has 88 valence electrons. The average molecular weight is 296 g/mol. The number of hydrogen-bond donors (Lipinski definition) is 2. The van der Waals surface area contributed by atoms with Crippen LogP contribution in [0.25, 0.3) is 0 Å². The van der Waals surface area contributed by atoms with Crippen LogP contribution in [-0.4, -0.2) is 26.1 Å². The maximum atomic E-state index is 11.7. The molecule has 0 radical (unpaired) electrons. The lowest BCUT2D eigenvalue weighted by Crippen LogP contribution is -2.14. The van der Waals surface area contributed by atoms with Crippen LogP contribution in [-0.2, 0) is 6.42 Å². The van der Waals surface area contributed by atoms with E-state index in [4.69, 9.17) is 0 Å². The molecular weight excluding hydrogens is 286 g/mol. The Morgan fingerprint density at radius 1 is 1.53 bits per heavy atom. The highest BCUT2D eigenvalue weighted by Crippen LogP contribution is 2.08. The molecule has 0 aliphatic rings. The number of pyridine rings is 1. The van der Waals surface area contributed by atoms with Gasteiger partial charge in [0.2, 0.25) is 5.95 Å². The van der Waals surface area contributed by atoms with Crippen LogP contribution in [0.1, 0.15) is 23.2 Å². The van der Waals surface area contributed by atoms with E-state index >= 15 is 0 Å². The summed E-state index contributed by atoms with van der Waals surface area (Å²) in [5, 5.41) is 9.14. The molecule has 0 spiro atoms. The van der Waals surface area contributed by atoms with Gasteiger partial charge in [0, 0.05) is 17.1 Å². The van der Waals surface area contributed by atoms with Crippen molar-refractivity contribution >= 4 is 27.8 Å². The van der Waals surface area contributed by atoms with Crippen molar-refractivity contribution < 1.29 is 4.79 Å². The highest BCUT2D eigenvalue weighted by Gasteiger charge is 2.10. The predicted octanol–water partition coefficient (Wildman–Crippen LogP) is 1.78. The van der Waals surface area contributed by atoms with Gasteiger partial charge in [0.15, 0.2) is 0 Å². The fraction of sp³-hybridized carbons (Fsp3) is 0.200. The first-order valence-corrected chi connectivity index (χ1v) is 5.82. The van der Waals surface area contributed by atoms with Crippen molar-refractivity contribution in [2.45, 2.75) is 13.3 Å². The first-order chi connectivity index (χ1) is 8.19. The van der Waals surface area contributed by atoms with Gasteiger partial charge in [0.1, 0.15) is 11.5 Å². The van der Waals surface area contributed by atoms with Crippen molar-refractivity contribution in [3.63, 3.8) is 0 Å². The normalized spacial score (nSPS) is 10.2. The maximum Gasteiger partial charge on any atom is 0.276 e. The van der Waals surface area contributed by atoms with Crippen molar-refractivity contribution in [3.8, 4) is 0 Å². The van der Waals surface area contributed by atoms with Gasteiger partial charge in [-0.3, -0.25) is 15.2 Å². The number of H-pyrrole nitrogens is 1. The number of amides is 1. The molecule has 2 heterocycles. The van der Waals surface area contributed by atoms with E-state index in [0.29, 0.717) is 5.69 Å². The van der Waals surface area contributed by atoms with Gasteiger partial charge in [0.25, 0.3) is 5.91 Å². The summed E-state index contributed by atoms with van der Waals surface area (Å²) >= 11 is 3.25. The Morgan fingerprint density at radius 3 is 2.94 bits per heavy atom. The zero-order valence-corrected chi connectivity index (χ0v) is 10.7. The summed E-state index contributed by atoms with van der Waals surface area (Å²) < 4.78 is 0.820. The quantitative estimate of drug-likeness (QED) is 0.904. The summed E-state index contributed by atoms with van der Waals surface area (Å²) in [5.74, 6) is 0.653. The van der Waals surface area contributed by atoms with E-state index < -0.39 is 0 Å². The number of carbonyl (C=O) groups excluding carboxylic acids is 1. The van der Waals surface area contributed by atoms with Gasteiger partial charge < -0.3 is 0 Å². The molecule has 0 aliphatic heterocycles. The molecule has 6 nitrogen and oxygen atoms in total. The summed E-state index contributed by atoms with van der Waals surface area (Å²) in [4.78, 5) is 19.8. The first kappa shape index (κ1) is 11.7. The van der Waals surface area contributed by atoms with Gasteiger partial charge >= 0.3 is 0 Å². The molecule has 2 N–H and O–H groups in total. The van der Waals surface area contributed by atoms with E-state index in [-0.39, 0.29) is 11.9 Å². The number of nitrogens with one attached hydrogen (secondary N) is 2. The summed E-state index contributed by atoms with van der Waals surface area (Å²) in [7, 11) is 0. The highest BCUT2D eigenvalue weighted by molar-refractivity contribution is 9.10. The number of aromatic amines is 1. The number of nitrogens with zero attached hydrogens (tertiary/aromatic N) is 3. The van der Waals surface area contributed by atoms with Crippen LogP contribution < -0.4 is 5.32 Å². The Kier molecular flexibility index (Phi) is 3.48. The Labute approximate surface area is 106 Å². The third-order valence-electron chi connectivity index (χ3n) is 2.05. The number of halogens is 1. The second-order valence-corrected chi connectivity index (χ2v) is 4.19. The topological polar surface area (TPSA) is 83.6 Å². The molecule has 2 rings (SSSR count). The molecule has 0 saturated carbocycles. The smallest absolute Gasteiger partial charge is 0.276 e. The summed E-state index contributed by atoms with van der Waals surface area (Å²) in [6.45, 7) is 1.95. The number of carbonyl (C=O) groups is 1. The van der Waals surface area contributed by atoms with Gasteiger partial charge in [-0.1, -0.05) is 6.92 Å². The minimum absolute atomic E-state index is 0.261. The van der Waals surface area contributed by atoms with Crippen LogP contribution in [0.15, 0.2) is 22.8 Å². The molecule has 1 amide bonds. The number of hydrogen-bond acceptors (Lipinski definition) is 4. The SMILES string of the molecule is CCc1nc(NC(=O)c2ccc(Br)cn2)n[nH]1. The average Bonchev–Trinajstić information content (AvgIpc) is 2.77. The zero-order chi connectivity index (χ0) is 12.3. The highest BCUT2D eigenvalue weighted by atomic mass is 79.9. The second-order valence-electron chi connectivity index (χ2n) is 3.28. The van der Waals surface area contributed by atoms with E-state index in [1.807, 2.05) is 6.92 Å². The number of anilines is 1. The van der Waals surface area contributed by atoms with Crippen LogP contribution in [0, 0.1) is 0 Å². The minimum atomic E-state index is -0.334. The molecule has 2 aromatic rings. The maximum absolute atomic E-state index is 11.7. The monoisotopic (exact) mass is 295 g/mol. The summed E-state index contributed by atoms with van der Waals surface area (Å²) in [6.07, 6.45) is 2.30. The fourth-order valence-corrected chi connectivity index (χ4v) is 1.42. The largest absolute Gasteiger partial charge is 0.288 e. The zero-order valence-electron chi connectivity index (χ0n) is 9.07. The standard InChI is InChI=1S/C10H10BrN5O/c1-2-8-13-10(16-15-8)14-9(17)7-4-3-6(11)5-12-7/h3-5H,2H2,1H3,(H2,13,14,15,16,17). The second kappa shape index (κ2) is 5.05. The van der Waals surface area contributed by atoms with Crippen LogP contribution in [0.3, 0.4) is 0 Å². The Hall–Kier alpha value is -1.76. The van der Waals surface area contributed by atoms with Crippen LogP contribution >= 0.6 is 15.9 Å². The third-order valence-corrected chi connectivity index (χ3v) is 2.52. The number of rotatable bonds is 3. The predicted molar refractivity (Wildman–Crippen MR) is 65.7 cm³/mol.